The van der Waals surface area contributed by atoms with Gasteiger partial charge < -0.3 is 5.73 Å². The fourth-order valence-electron chi connectivity index (χ4n) is 0.545. The molecule has 0 saturated carbocycles. The van der Waals surface area contributed by atoms with Crippen molar-refractivity contribution in [1.29, 1.82) is 0 Å². The van der Waals surface area contributed by atoms with Crippen molar-refractivity contribution in [3.8, 4) is 0 Å². The number of thiol groups is 1. The summed E-state index contributed by atoms with van der Waals surface area (Å²) in [6.07, 6.45) is 1.10. The van der Waals surface area contributed by atoms with E-state index in [-0.39, 0.29) is 0 Å². The Bertz CT molecular complexity index is 170. The highest BCUT2D eigenvalue weighted by atomic mass is 32.1. The van der Waals surface area contributed by atoms with Crippen LogP contribution in [0, 0.1) is 6.92 Å². The van der Waals surface area contributed by atoms with Gasteiger partial charge in [0.1, 0.15) is 0 Å². The van der Waals surface area contributed by atoms with Gasteiger partial charge in [0.2, 0.25) is 0 Å². The van der Waals surface area contributed by atoms with E-state index in [4.69, 9.17) is 5.73 Å². The maximum atomic E-state index is 5.03. The second-order valence-corrected chi connectivity index (χ2v) is 3.14. The van der Waals surface area contributed by atoms with Gasteiger partial charge in [0.05, 0.1) is 0 Å². The van der Waals surface area contributed by atoms with Gasteiger partial charge in [0.15, 0.2) is 0 Å². The topological polar surface area (TPSA) is 26.0 Å². The number of benzene rings is 1. The molecule has 0 bridgehead atoms. The molecule has 2 N–H and O–H groups in total. The number of nitrogens with two attached hydrogens (primary N) is 1. The van der Waals surface area contributed by atoms with E-state index in [1.807, 2.05) is 24.3 Å². The molecule has 0 aliphatic heterocycles. The largest absolute Gasteiger partial charge is 0.330 e. The summed E-state index contributed by atoms with van der Waals surface area (Å²) in [4.78, 5) is 1.02. The standard InChI is InChI=1S/C7H8S.C3H9N/c1-6-2-4-7(8)5-3-6;1-2-3-4/h2-5,8H,1H3;2-4H2,1H3. The summed E-state index contributed by atoms with van der Waals surface area (Å²) < 4.78 is 0. The van der Waals surface area contributed by atoms with Gasteiger partial charge >= 0.3 is 0 Å². The van der Waals surface area contributed by atoms with Gasteiger partial charge in [-0.1, -0.05) is 24.6 Å². The minimum atomic E-state index is 0.819. The van der Waals surface area contributed by atoms with Crippen LogP contribution in [0.15, 0.2) is 29.2 Å². The van der Waals surface area contributed by atoms with Gasteiger partial charge in [-0.05, 0) is 32.0 Å². The van der Waals surface area contributed by atoms with Crippen molar-refractivity contribution < 1.29 is 0 Å². The van der Waals surface area contributed by atoms with E-state index in [9.17, 15) is 0 Å². The van der Waals surface area contributed by atoms with Crippen LogP contribution in [0.4, 0.5) is 0 Å². The van der Waals surface area contributed by atoms with Crippen molar-refractivity contribution in [3.63, 3.8) is 0 Å². The van der Waals surface area contributed by atoms with Gasteiger partial charge in [-0.15, -0.1) is 12.6 Å². The van der Waals surface area contributed by atoms with Gasteiger partial charge in [-0.3, -0.25) is 0 Å². The molecule has 1 nitrogen and oxygen atoms in total. The lowest BCUT2D eigenvalue weighted by molar-refractivity contribution is 0.932. The molecule has 0 aliphatic carbocycles. The van der Waals surface area contributed by atoms with E-state index in [0.717, 1.165) is 17.9 Å². The van der Waals surface area contributed by atoms with Crippen LogP contribution in [0.3, 0.4) is 0 Å². The summed E-state index contributed by atoms with van der Waals surface area (Å²) in [6, 6.07) is 8.06. The first-order valence-corrected chi connectivity index (χ1v) is 4.61. The fourth-order valence-corrected chi connectivity index (χ4v) is 0.694. The number of hydrogen-bond donors (Lipinski definition) is 2. The average Bonchev–Trinajstić information content (AvgIpc) is 2.11. The van der Waals surface area contributed by atoms with Crippen molar-refractivity contribution >= 4 is 12.6 Å². The molecule has 68 valence electrons. The lowest BCUT2D eigenvalue weighted by Gasteiger charge is -1.89. The van der Waals surface area contributed by atoms with Crippen LogP contribution in [-0.4, -0.2) is 6.54 Å². The molecule has 1 aromatic carbocycles. The highest BCUT2D eigenvalue weighted by Gasteiger charge is 1.80. The van der Waals surface area contributed by atoms with Crippen molar-refractivity contribution in [3.05, 3.63) is 29.8 Å². The van der Waals surface area contributed by atoms with Gasteiger partial charge in [-0.2, -0.15) is 0 Å². The summed E-state index contributed by atoms with van der Waals surface area (Å²) in [5.41, 5.74) is 6.31. The molecule has 0 unspecified atom stereocenters. The van der Waals surface area contributed by atoms with E-state index in [0.29, 0.717) is 0 Å². The molecule has 2 heteroatoms. The summed E-state index contributed by atoms with van der Waals surface area (Å²) in [6.45, 7) is 4.94. The maximum Gasteiger partial charge on any atom is 0.00401 e. The third kappa shape index (κ3) is 6.25. The van der Waals surface area contributed by atoms with Gasteiger partial charge in [0, 0.05) is 4.90 Å². The van der Waals surface area contributed by atoms with Crippen LogP contribution in [-0.2, 0) is 0 Å². The van der Waals surface area contributed by atoms with Crippen molar-refractivity contribution in [2.45, 2.75) is 25.2 Å². The quantitative estimate of drug-likeness (QED) is 0.643. The van der Waals surface area contributed by atoms with E-state index >= 15 is 0 Å². The third-order valence-electron chi connectivity index (χ3n) is 1.32. The Hall–Kier alpha value is -0.470. The van der Waals surface area contributed by atoms with Crippen LogP contribution < -0.4 is 5.73 Å². The Kier molecular flexibility index (Phi) is 6.91. The molecular formula is C10H17NS. The van der Waals surface area contributed by atoms with Gasteiger partial charge in [0.25, 0.3) is 0 Å². The molecule has 0 aliphatic rings. The van der Waals surface area contributed by atoms with Crippen molar-refractivity contribution in [2.75, 3.05) is 6.54 Å². The number of rotatable bonds is 1. The molecule has 0 radical (unpaired) electrons. The Morgan fingerprint density at radius 1 is 1.25 bits per heavy atom. The highest BCUT2D eigenvalue weighted by molar-refractivity contribution is 7.80. The SMILES string of the molecule is CCCN.Cc1ccc(S)cc1. The Balaban J connectivity index is 0.000000261. The molecule has 0 atom stereocenters. The van der Waals surface area contributed by atoms with Crippen LogP contribution in [0.5, 0.6) is 0 Å². The molecular weight excluding hydrogens is 166 g/mol. The average molecular weight is 183 g/mol. The third-order valence-corrected chi connectivity index (χ3v) is 1.62. The zero-order valence-electron chi connectivity index (χ0n) is 7.75. The molecule has 0 saturated heterocycles. The molecule has 0 amide bonds. The lowest BCUT2D eigenvalue weighted by Crippen LogP contribution is -1.93. The minimum Gasteiger partial charge on any atom is -0.330 e. The smallest absolute Gasteiger partial charge is 0.00401 e. The summed E-state index contributed by atoms with van der Waals surface area (Å²) in [5.74, 6) is 0. The Morgan fingerprint density at radius 2 is 1.67 bits per heavy atom. The van der Waals surface area contributed by atoms with Crippen molar-refractivity contribution in [2.24, 2.45) is 5.73 Å². The van der Waals surface area contributed by atoms with E-state index < -0.39 is 0 Å². The first-order chi connectivity index (χ1) is 5.70. The predicted molar refractivity (Wildman–Crippen MR) is 57.8 cm³/mol. The van der Waals surface area contributed by atoms with E-state index in [1.54, 1.807) is 0 Å². The fraction of sp³-hybridized carbons (Fsp3) is 0.400. The summed E-state index contributed by atoms with van der Waals surface area (Å²) in [5, 5.41) is 0. The molecule has 0 aromatic heterocycles. The number of aryl methyl sites for hydroxylation is 1. The first kappa shape index (κ1) is 11.5. The first-order valence-electron chi connectivity index (χ1n) is 4.16. The molecule has 0 fully saturated rings. The maximum absolute atomic E-state index is 5.03. The van der Waals surface area contributed by atoms with Crippen molar-refractivity contribution in [1.82, 2.24) is 0 Å². The Labute approximate surface area is 80.4 Å². The normalized spacial score (nSPS) is 8.67. The van der Waals surface area contributed by atoms with E-state index in [2.05, 4.69) is 26.5 Å². The second-order valence-electron chi connectivity index (χ2n) is 2.62. The number of hydrogen-bond acceptors (Lipinski definition) is 2. The van der Waals surface area contributed by atoms with Crippen LogP contribution in [0.25, 0.3) is 0 Å². The zero-order chi connectivity index (χ0) is 9.40. The Morgan fingerprint density at radius 3 is 1.92 bits per heavy atom. The van der Waals surface area contributed by atoms with Crippen LogP contribution in [0.2, 0.25) is 0 Å². The minimum absolute atomic E-state index is 0.819. The van der Waals surface area contributed by atoms with Gasteiger partial charge in [-0.25, -0.2) is 0 Å². The molecule has 0 heterocycles. The second kappa shape index (κ2) is 7.19. The molecule has 1 aromatic rings. The predicted octanol–water partition coefficient (Wildman–Crippen LogP) is 2.64. The summed E-state index contributed by atoms with van der Waals surface area (Å²) >= 11 is 4.13. The molecule has 12 heavy (non-hydrogen) atoms. The van der Waals surface area contributed by atoms with Crippen LogP contribution >= 0.6 is 12.6 Å². The molecule has 1 rings (SSSR count). The molecule has 0 spiro atoms. The summed E-state index contributed by atoms with van der Waals surface area (Å²) in [7, 11) is 0. The van der Waals surface area contributed by atoms with Crippen LogP contribution in [0.1, 0.15) is 18.9 Å². The lowest BCUT2D eigenvalue weighted by atomic mass is 10.2. The van der Waals surface area contributed by atoms with E-state index in [1.165, 1.54) is 5.56 Å². The monoisotopic (exact) mass is 183 g/mol. The zero-order valence-corrected chi connectivity index (χ0v) is 8.64. The highest BCUT2D eigenvalue weighted by Crippen LogP contribution is 2.05.